The number of aliphatic carboxylic acids is 1. The number of unbranched alkanes of at least 4 members (excludes halogenated alkanes) is 3. The van der Waals surface area contributed by atoms with Crippen molar-refractivity contribution in [3.8, 4) is 0 Å². The first-order valence-electron chi connectivity index (χ1n) is 22.3. The third kappa shape index (κ3) is 14.2. The number of carbonyl (C=O) groups excluding carboxylic acids is 5. The molecule has 3 fully saturated rings. The smallest absolute Gasteiger partial charge is 0.338 e. The summed E-state index contributed by atoms with van der Waals surface area (Å²) in [5, 5.41) is 32.0. The molecule has 14 heteroatoms. The Morgan fingerprint density at radius 2 is 1.64 bits per heavy atom. The predicted molar refractivity (Wildman–Crippen MR) is 224 cm³/mol. The highest BCUT2D eigenvalue weighted by Crippen LogP contribution is 2.45. The van der Waals surface area contributed by atoms with Crippen molar-refractivity contribution in [2.45, 2.75) is 186 Å². The molecule has 4 heterocycles. The largest absolute Gasteiger partial charge is 0.478 e. The number of fused-ring (bicyclic) bond motifs is 2. The zero-order valence-corrected chi connectivity index (χ0v) is 37.2. The van der Waals surface area contributed by atoms with Gasteiger partial charge in [0.25, 0.3) is 0 Å². The van der Waals surface area contributed by atoms with Crippen molar-refractivity contribution in [2.75, 3.05) is 7.11 Å². The van der Waals surface area contributed by atoms with Gasteiger partial charge in [0.1, 0.15) is 23.8 Å². The molecule has 4 aliphatic rings. The Bertz CT molecular complexity index is 1650. The van der Waals surface area contributed by atoms with Crippen LogP contribution in [0.1, 0.15) is 138 Å². The number of hydrogen-bond acceptors (Lipinski definition) is 13. The van der Waals surface area contributed by atoms with E-state index in [1.54, 1.807) is 27.7 Å². The van der Waals surface area contributed by atoms with Gasteiger partial charge in [0, 0.05) is 63.5 Å². The quantitative estimate of drug-likeness (QED) is 0.0993. The number of esters is 2. The second-order valence-corrected chi connectivity index (χ2v) is 18.3. The van der Waals surface area contributed by atoms with Gasteiger partial charge in [-0.3, -0.25) is 14.4 Å². The molecule has 0 amide bonds. The lowest BCUT2D eigenvalue weighted by molar-refractivity contribution is -0.348. The summed E-state index contributed by atoms with van der Waals surface area (Å²) in [6.07, 6.45) is 6.33. The minimum absolute atomic E-state index is 0.00629. The maximum Gasteiger partial charge on any atom is 0.338 e. The van der Waals surface area contributed by atoms with Gasteiger partial charge in [0.15, 0.2) is 11.6 Å². The van der Waals surface area contributed by atoms with E-state index in [0.717, 1.165) is 25.3 Å². The van der Waals surface area contributed by atoms with Gasteiger partial charge >= 0.3 is 17.9 Å². The third-order valence-electron chi connectivity index (χ3n) is 13.2. The average molecular weight is 859 g/mol. The maximum absolute atomic E-state index is 14.4. The lowest BCUT2D eigenvalue weighted by Gasteiger charge is -2.51. The van der Waals surface area contributed by atoms with Gasteiger partial charge < -0.3 is 43.8 Å². The van der Waals surface area contributed by atoms with Crippen molar-refractivity contribution in [3.63, 3.8) is 0 Å². The second-order valence-electron chi connectivity index (χ2n) is 18.3. The van der Waals surface area contributed by atoms with Gasteiger partial charge in [-0.25, -0.2) is 9.59 Å². The van der Waals surface area contributed by atoms with Crippen LogP contribution in [-0.2, 0) is 52.5 Å². The number of aliphatic hydroxyl groups excluding tert-OH is 2. The molecule has 0 aromatic carbocycles. The number of carboxylic acid groups (broad SMARTS) is 1. The molecule has 0 aromatic heterocycles. The Kier molecular flexibility index (Phi) is 19.1. The van der Waals surface area contributed by atoms with Gasteiger partial charge in [-0.15, -0.1) is 0 Å². The van der Waals surface area contributed by atoms with E-state index in [4.69, 9.17) is 28.8 Å². The Labute approximate surface area is 360 Å². The molecule has 14 nitrogen and oxygen atoms in total. The third-order valence-corrected chi connectivity index (χ3v) is 13.2. The van der Waals surface area contributed by atoms with E-state index in [1.807, 2.05) is 13.8 Å². The Balaban J connectivity index is 1.69. The predicted octanol–water partition coefficient (Wildman–Crippen LogP) is 6.32. The number of cyclic esters (lactones) is 2. The topological polar surface area (TPSA) is 209 Å². The summed E-state index contributed by atoms with van der Waals surface area (Å²) in [6, 6.07) is 0. The molecule has 61 heavy (non-hydrogen) atoms. The number of allylic oxidation sites excluding steroid dienone is 3. The van der Waals surface area contributed by atoms with Gasteiger partial charge in [0.2, 0.25) is 0 Å². The van der Waals surface area contributed by atoms with Gasteiger partial charge in [0.05, 0.1) is 47.9 Å². The summed E-state index contributed by atoms with van der Waals surface area (Å²) in [4.78, 5) is 77.2. The molecule has 4 aliphatic heterocycles. The van der Waals surface area contributed by atoms with Crippen LogP contribution in [0.3, 0.4) is 0 Å². The zero-order valence-electron chi connectivity index (χ0n) is 37.2. The van der Waals surface area contributed by atoms with Crippen molar-refractivity contribution < 1.29 is 67.8 Å². The summed E-state index contributed by atoms with van der Waals surface area (Å²) in [5.74, 6) is -6.56. The highest BCUT2D eigenvalue weighted by atomic mass is 16.7. The van der Waals surface area contributed by atoms with Crippen molar-refractivity contribution >= 4 is 35.3 Å². The number of ketones is 3. The number of ether oxygens (including phenoxy) is 5. The normalized spacial score (nSPS) is 36.0. The number of Topliss-reactive ketones (excluding diaryl/α,β-unsaturated/α-hetero) is 2. The molecule has 4 rings (SSSR count). The van der Waals surface area contributed by atoms with Crippen LogP contribution in [0.15, 0.2) is 35.5 Å². The van der Waals surface area contributed by atoms with E-state index in [0.29, 0.717) is 44.1 Å². The van der Waals surface area contributed by atoms with Crippen LogP contribution in [-0.4, -0.2) is 106 Å². The molecular weight excluding hydrogens is 789 g/mol. The Morgan fingerprint density at radius 3 is 2.31 bits per heavy atom. The molecule has 3 bridgehead atoms. The molecule has 13 atom stereocenters. The van der Waals surface area contributed by atoms with Crippen LogP contribution < -0.4 is 0 Å². The lowest BCUT2D eigenvalue weighted by atomic mass is 9.81. The first-order valence-corrected chi connectivity index (χ1v) is 22.3. The van der Waals surface area contributed by atoms with Crippen molar-refractivity contribution in [2.24, 2.45) is 29.6 Å². The van der Waals surface area contributed by atoms with Crippen molar-refractivity contribution in [1.82, 2.24) is 0 Å². The second kappa shape index (κ2) is 23.2. The van der Waals surface area contributed by atoms with E-state index < -0.39 is 78.1 Å². The standard InChI is InChI=1S/C47H70O14/c1-27-17-19-35-20-18-29(3)47(60-35)26-34(50)23-36(61-47)24-39(51)31(5)41(25-40(57-7)32(6)44-38(46(56)59-44)15-12-16-42(52)53)58-45(55)37(14-11-9-8-10-13-30(4)48)43(54)28(2)22-33(49)21-27/h12,15-16,22,27,29,31-32,34-37,40-41,43-44,50,54H,8-11,13-14,17-21,23-26H2,1-7H3,(H,52,53)/b16-12+,28-22+,38-15-/t27-,29+,31-,32-,34+,35-,36-,37+,40+,41+,43+,44-,47-/m0/s1. The summed E-state index contributed by atoms with van der Waals surface area (Å²) in [5.41, 5.74) is 0.567. The maximum atomic E-state index is 14.4. The molecule has 0 aromatic rings. The molecule has 0 saturated carbocycles. The number of hydrogen-bond donors (Lipinski definition) is 3. The number of carboxylic acids is 1. The van der Waals surface area contributed by atoms with Crippen LogP contribution in [0, 0.1) is 29.6 Å². The number of aliphatic hydroxyl groups is 2. The monoisotopic (exact) mass is 858 g/mol. The van der Waals surface area contributed by atoms with Crippen LogP contribution in [0.2, 0.25) is 0 Å². The summed E-state index contributed by atoms with van der Waals surface area (Å²) in [7, 11) is 1.45. The van der Waals surface area contributed by atoms with Crippen molar-refractivity contribution in [1.29, 1.82) is 0 Å². The lowest BCUT2D eigenvalue weighted by Crippen LogP contribution is -2.56. The molecule has 3 saturated heterocycles. The molecule has 3 N–H and O–H groups in total. The fourth-order valence-electron chi connectivity index (χ4n) is 9.31. The van der Waals surface area contributed by atoms with E-state index in [-0.39, 0.29) is 79.4 Å². The number of carbonyl (C=O) groups is 6. The van der Waals surface area contributed by atoms with Crippen molar-refractivity contribution in [3.05, 3.63) is 35.5 Å². The molecule has 342 valence electrons. The van der Waals surface area contributed by atoms with Crippen LogP contribution >= 0.6 is 0 Å². The average Bonchev–Trinajstić information content (AvgIpc) is 3.18. The molecule has 0 aliphatic carbocycles. The summed E-state index contributed by atoms with van der Waals surface area (Å²) < 4.78 is 31.0. The highest BCUT2D eigenvalue weighted by Gasteiger charge is 2.51. The van der Waals surface area contributed by atoms with E-state index in [9.17, 15) is 39.0 Å². The van der Waals surface area contributed by atoms with Crippen LogP contribution in [0.5, 0.6) is 0 Å². The summed E-state index contributed by atoms with van der Waals surface area (Å²) >= 11 is 0. The fourth-order valence-corrected chi connectivity index (χ4v) is 9.31. The molecule has 0 radical (unpaired) electrons. The van der Waals surface area contributed by atoms with E-state index >= 15 is 0 Å². The van der Waals surface area contributed by atoms with Gasteiger partial charge in [-0.1, -0.05) is 53.0 Å². The number of rotatable bonds is 14. The minimum Gasteiger partial charge on any atom is -0.478 e. The molecular formula is C47H70O14. The first kappa shape index (κ1) is 50.1. The van der Waals surface area contributed by atoms with Crippen LogP contribution in [0.4, 0.5) is 0 Å². The Morgan fingerprint density at radius 1 is 0.951 bits per heavy atom. The first-order chi connectivity index (χ1) is 28.8. The summed E-state index contributed by atoms with van der Waals surface area (Å²) in [6.45, 7) is 10.6. The van der Waals surface area contributed by atoms with Crippen LogP contribution in [0.25, 0.3) is 0 Å². The van der Waals surface area contributed by atoms with Gasteiger partial charge in [-0.2, -0.15) is 0 Å². The Hall–Kier alpha value is -3.56. The number of methoxy groups -OCH3 is 1. The van der Waals surface area contributed by atoms with Gasteiger partial charge in [-0.05, 0) is 76.0 Å². The molecule has 0 unspecified atom stereocenters. The zero-order chi connectivity index (χ0) is 45.0. The van der Waals surface area contributed by atoms with E-state index in [1.165, 1.54) is 25.3 Å². The fraction of sp³-hybridized carbons (Fsp3) is 0.745. The SMILES string of the molecule is CO[C@H](C[C@H]1OC(=O)[C@H](CCCCCCC(C)=O)[C@H](O)/C(C)=C/C(=O)C[C@@H](C)CC[C@H]2CC[C@@H](C)[C@@]3(C[C@H](O)C[C@@H](CC(=O)[C@@H]1C)O3)O2)[C@H](C)[C@@H]1OC(=O)/C1=C\C=C\C(=O)O. The molecule has 1 spiro atoms. The minimum atomic E-state index is -1.36. The highest BCUT2D eigenvalue weighted by molar-refractivity contribution is 5.96. The van der Waals surface area contributed by atoms with E-state index in [2.05, 4.69) is 0 Å².